The van der Waals surface area contributed by atoms with Crippen LogP contribution < -0.4 is 5.32 Å². The Labute approximate surface area is 122 Å². The van der Waals surface area contributed by atoms with Crippen molar-refractivity contribution in [1.82, 2.24) is 4.98 Å². The number of hydrogen-bond acceptors (Lipinski definition) is 1. The number of nitrogens with one attached hydrogen (secondary N) is 2. The van der Waals surface area contributed by atoms with Crippen LogP contribution in [-0.2, 0) is 0 Å². The van der Waals surface area contributed by atoms with Gasteiger partial charge in [0.2, 0.25) is 0 Å². The van der Waals surface area contributed by atoms with Gasteiger partial charge in [-0.05, 0) is 61.3 Å². The largest absolute Gasteiger partial charge is 0.382 e. The van der Waals surface area contributed by atoms with Gasteiger partial charge in [-0.3, -0.25) is 0 Å². The lowest BCUT2D eigenvalue weighted by Gasteiger charge is -2.37. The fourth-order valence-corrected chi connectivity index (χ4v) is 3.48. The van der Waals surface area contributed by atoms with Crippen LogP contribution in [0.15, 0.2) is 30.5 Å². The SMILES string of the molecule is CC(C)(C)C1CCC(Nc2ccc3[nH]ccc3c2)CC1. The van der Waals surface area contributed by atoms with Crippen molar-refractivity contribution in [1.29, 1.82) is 0 Å². The van der Waals surface area contributed by atoms with Crippen LogP contribution in [0.2, 0.25) is 0 Å². The second-order valence-corrected chi connectivity index (χ2v) is 7.34. The van der Waals surface area contributed by atoms with Gasteiger partial charge in [0.1, 0.15) is 0 Å². The van der Waals surface area contributed by atoms with E-state index >= 15 is 0 Å². The maximum absolute atomic E-state index is 3.72. The molecule has 1 saturated carbocycles. The summed E-state index contributed by atoms with van der Waals surface area (Å²) in [5.41, 5.74) is 2.94. The summed E-state index contributed by atoms with van der Waals surface area (Å²) in [6.07, 6.45) is 7.31. The number of H-pyrrole nitrogens is 1. The van der Waals surface area contributed by atoms with Crippen LogP contribution in [-0.4, -0.2) is 11.0 Å². The van der Waals surface area contributed by atoms with Gasteiger partial charge in [-0.15, -0.1) is 0 Å². The summed E-state index contributed by atoms with van der Waals surface area (Å²) in [6.45, 7) is 7.14. The van der Waals surface area contributed by atoms with E-state index in [4.69, 9.17) is 0 Å². The lowest BCUT2D eigenvalue weighted by Crippen LogP contribution is -2.31. The number of aromatic amines is 1. The van der Waals surface area contributed by atoms with Gasteiger partial charge < -0.3 is 10.3 Å². The standard InChI is InChI=1S/C18H26N2/c1-18(2,3)14-4-6-15(7-5-14)20-16-8-9-17-13(12-16)10-11-19-17/h8-12,14-15,19-20H,4-7H2,1-3H3. The number of aromatic nitrogens is 1. The molecule has 2 N–H and O–H groups in total. The van der Waals surface area contributed by atoms with E-state index in [9.17, 15) is 0 Å². The highest BCUT2D eigenvalue weighted by molar-refractivity contribution is 5.83. The van der Waals surface area contributed by atoms with Crippen molar-refractivity contribution in [2.45, 2.75) is 52.5 Å². The highest BCUT2D eigenvalue weighted by atomic mass is 14.9. The molecule has 0 unspecified atom stereocenters. The normalized spacial score (nSPS) is 23.9. The minimum atomic E-state index is 0.467. The Bertz CT molecular complexity index is 568. The van der Waals surface area contributed by atoms with Gasteiger partial charge in [0.25, 0.3) is 0 Å². The van der Waals surface area contributed by atoms with Crippen LogP contribution in [0, 0.1) is 11.3 Å². The first-order valence-corrected chi connectivity index (χ1v) is 7.86. The number of fused-ring (bicyclic) bond motifs is 1. The van der Waals surface area contributed by atoms with Crippen LogP contribution in [0.1, 0.15) is 46.5 Å². The Hall–Kier alpha value is -1.44. The number of rotatable bonds is 2. The zero-order valence-electron chi connectivity index (χ0n) is 12.9. The molecule has 2 nitrogen and oxygen atoms in total. The Morgan fingerprint density at radius 2 is 1.80 bits per heavy atom. The Kier molecular flexibility index (Phi) is 3.49. The average molecular weight is 270 g/mol. The molecule has 1 aromatic carbocycles. The molecular formula is C18H26N2. The maximum Gasteiger partial charge on any atom is 0.0455 e. The lowest BCUT2D eigenvalue weighted by atomic mass is 9.71. The van der Waals surface area contributed by atoms with Gasteiger partial charge in [0.15, 0.2) is 0 Å². The Morgan fingerprint density at radius 1 is 1.05 bits per heavy atom. The molecule has 108 valence electrons. The second kappa shape index (κ2) is 5.16. The quantitative estimate of drug-likeness (QED) is 0.772. The zero-order valence-corrected chi connectivity index (χ0v) is 12.9. The predicted molar refractivity (Wildman–Crippen MR) is 87.1 cm³/mol. The van der Waals surface area contributed by atoms with Crippen molar-refractivity contribution in [2.24, 2.45) is 11.3 Å². The number of benzene rings is 1. The van der Waals surface area contributed by atoms with Gasteiger partial charge >= 0.3 is 0 Å². The minimum absolute atomic E-state index is 0.467. The molecule has 0 aliphatic heterocycles. The van der Waals surface area contributed by atoms with E-state index in [1.165, 1.54) is 42.3 Å². The molecule has 1 aromatic heterocycles. The van der Waals surface area contributed by atoms with E-state index in [-0.39, 0.29) is 0 Å². The molecule has 1 heterocycles. The molecule has 20 heavy (non-hydrogen) atoms. The monoisotopic (exact) mass is 270 g/mol. The van der Waals surface area contributed by atoms with Crippen LogP contribution in [0.4, 0.5) is 5.69 Å². The van der Waals surface area contributed by atoms with Crippen molar-refractivity contribution in [3.8, 4) is 0 Å². The third-order valence-corrected chi connectivity index (χ3v) is 4.88. The average Bonchev–Trinajstić information content (AvgIpc) is 2.86. The van der Waals surface area contributed by atoms with Crippen molar-refractivity contribution >= 4 is 16.6 Å². The van der Waals surface area contributed by atoms with E-state index in [0.717, 1.165) is 5.92 Å². The first kappa shape index (κ1) is 13.5. The van der Waals surface area contributed by atoms with Gasteiger partial charge in [-0.25, -0.2) is 0 Å². The third kappa shape index (κ3) is 2.84. The topological polar surface area (TPSA) is 27.8 Å². The molecule has 0 bridgehead atoms. The zero-order chi connectivity index (χ0) is 14.2. The van der Waals surface area contributed by atoms with Crippen molar-refractivity contribution in [2.75, 3.05) is 5.32 Å². The van der Waals surface area contributed by atoms with Crippen LogP contribution in [0.25, 0.3) is 10.9 Å². The van der Waals surface area contributed by atoms with Gasteiger partial charge in [0, 0.05) is 28.8 Å². The van der Waals surface area contributed by atoms with Gasteiger partial charge in [-0.1, -0.05) is 20.8 Å². The summed E-state index contributed by atoms with van der Waals surface area (Å²) in [4.78, 5) is 3.25. The number of anilines is 1. The molecule has 0 atom stereocenters. The molecule has 0 amide bonds. The first-order valence-electron chi connectivity index (χ1n) is 7.86. The van der Waals surface area contributed by atoms with Gasteiger partial charge in [-0.2, -0.15) is 0 Å². The van der Waals surface area contributed by atoms with Crippen molar-refractivity contribution in [3.63, 3.8) is 0 Å². The molecule has 0 radical (unpaired) electrons. The molecule has 1 aliphatic carbocycles. The van der Waals surface area contributed by atoms with Gasteiger partial charge in [0.05, 0.1) is 0 Å². The summed E-state index contributed by atoms with van der Waals surface area (Å²) >= 11 is 0. The third-order valence-electron chi connectivity index (χ3n) is 4.88. The summed E-state index contributed by atoms with van der Waals surface area (Å²) in [7, 11) is 0. The fraction of sp³-hybridized carbons (Fsp3) is 0.556. The van der Waals surface area contributed by atoms with Crippen molar-refractivity contribution in [3.05, 3.63) is 30.5 Å². The highest BCUT2D eigenvalue weighted by Crippen LogP contribution is 2.38. The summed E-state index contributed by atoms with van der Waals surface area (Å²) in [5.74, 6) is 0.882. The fourth-order valence-electron chi connectivity index (χ4n) is 3.48. The van der Waals surface area contributed by atoms with Crippen LogP contribution in [0.5, 0.6) is 0 Å². The second-order valence-electron chi connectivity index (χ2n) is 7.34. The molecule has 3 rings (SSSR count). The summed E-state index contributed by atoms with van der Waals surface area (Å²) < 4.78 is 0. The van der Waals surface area contributed by atoms with E-state index in [1.807, 2.05) is 6.20 Å². The highest BCUT2D eigenvalue weighted by Gasteiger charge is 2.29. The smallest absolute Gasteiger partial charge is 0.0455 e. The lowest BCUT2D eigenvalue weighted by molar-refractivity contribution is 0.173. The molecule has 1 fully saturated rings. The maximum atomic E-state index is 3.72. The Balaban J connectivity index is 1.62. The number of hydrogen-bond donors (Lipinski definition) is 2. The molecule has 2 aromatic rings. The minimum Gasteiger partial charge on any atom is -0.382 e. The summed E-state index contributed by atoms with van der Waals surface area (Å²) in [5, 5.41) is 5.01. The molecule has 0 spiro atoms. The molecule has 0 saturated heterocycles. The summed E-state index contributed by atoms with van der Waals surface area (Å²) in [6, 6.07) is 9.39. The van der Waals surface area contributed by atoms with Crippen LogP contribution >= 0.6 is 0 Å². The molecule has 2 heteroatoms. The van der Waals surface area contributed by atoms with E-state index in [2.05, 4.69) is 55.3 Å². The first-order chi connectivity index (χ1) is 9.52. The van der Waals surface area contributed by atoms with Crippen molar-refractivity contribution < 1.29 is 0 Å². The van der Waals surface area contributed by atoms with E-state index in [0.29, 0.717) is 11.5 Å². The van der Waals surface area contributed by atoms with Crippen LogP contribution in [0.3, 0.4) is 0 Å². The molecular weight excluding hydrogens is 244 g/mol. The van der Waals surface area contributed by atoms with E-state index in [1.54, 1.807) is 0 Å². The predicted octanol–water partition coefficient (Wildman–Crippen LogP) is 5.18. The van der Waals surface area contributed by atoms with E-state index < -0.39 is 0 Å². The Morgan fingerprint density at radius 3 is 2.50 bits per heavy atom. The molecule has 1 aliphatic rings.